The zero-order valence-electron chi connectivity index (χ0n) is 41.9. The summed E-state index contributed by atoms with van der Waals surface area (Å²) < 4.78 is 37.0. The van der Waals surface area contributed by atoms with Crippen LogP contribution in [-0.4, -0.2) is 197 Å². The molecule has 23 heteroatoms. The number of thioether (sulfide) groups is 1. The van der Waals surface area contributed by atoms with Crippen LogP contribution in [0.25, 0.3) is 0 Å². The highest BCUT2D eigenvalue weighted by Crippen LogP contribution is 2.30. The van der Waals surface area contributed by atoms with Crippen molar-refractivity contribution in [3.05, 3.63) is 0 Å². The van der Waals surface area contributed by atoms with E-state index in [0.29, 0.717) is 78.9 Å². The van der Waals surface area contributed by atoms with Crippen molar-refractivity contribution in [1.29, 1.82) is 0 Å². The Morgan fingerprint density at radius 2 is 0.800 bits per heavy atom. The molecule has 1 rings (SSSR count). The van der Waals surface area contributed by atoms with Crippen molar-refractivity contribution in [1.82, 2.24) is 10.2 Å². The van der Waals surface area contributed by atoms with Crippen molar-refractivity contribution in [2.75, 3.05) is 111 Å². The molecule has 1 aliphatic rings. The van der Waals surface area contributed by atoms with Gasteiger partial charge in [0.2, 0.25) is 28.6 Å². The van der Waals surface area contributed by atoms with Gasteiger partial charge in [0.05, 0.1) is 97.7 Å². The predicted octanol–water partition coefficient (Wildman–Crippen LogP) is 0.839. The first-order chi connectivity index (χ1) is 33.0. The lowest BCUT2D eigenvalue weighted by Crippen LogP contribution is -2.50. The van der Waals surface area contributed by atoms with Gasteiger partial charge in [-0.2, -0.15) is 0 Å². The Morgan fingerprint density at radius 3 is 1.16 bits per heavy atom. The fourth-order valence-corrected chi connectivity index (χ4v) is 7.93. The number of Topliss-reactive ketones (excluding diaryl/α,β-unsaturated/α-hetero) is 10. The van der Waals surface area contributed by atoms with Gasteiger partial charge in [-0.1, -0.05) is 0 Å². The average Bonchev–Trinajstić information content (AvgIpc) is 3.53. The highest BCUT2D eigenvalue weighted by molar-refractivity contribution is 8.00. The van der Waals surface area contributed by atoms with E-state index in [1.165, 1.54) is 13.8 Å². The van der Waals surface area contributed by atoms with Crippen LogP contribution >= 0.6 is 11.8 Å². The summed E-state index contributed by atoms with van der Waals surface area (Å²) in [4.78, 5) is 156. The predicted molar refractivity (Wildman–Crippen MR) is 250 cm³/mol. The molecule has 0 aliphatic carbocycles. The summed E-state index contributed by atoms with van der Waals surface area (Å²) in [5, 5.41) is 1.87. The molecular formula is C47H72N2O20S. The quantitative estimate of drug-likeness (QED) is 0.0503. The molecule has 0 bridgehead atoms. The van der Waals surface area contributed by atoms with E-state index in [1.807, 2.05) is 0 Å². The highest BCUT2D eigenvalue weighted by Gasteiger charge is 2.52. The minimum absolute atomic E-state index is 0.0237. The number of nitrogens with zero attached hydrogens (tertiary/aromatic N) is 1. The molecule has 0 radical (unpaired) electrons. The van der Waals surface area contributed by atoms with Crippen molar-refractivity contribution < 1.29 is 95.5 Å². The van der Waals surface area contributed by atoms with Crippen LogP contribution in [0.3, 0.4) is 0 Å². The van der Waals surface area contributed by atoms with E-state index in [0.717, 1.165) is 58.2 Å². The summed E-state index contributed by atoms with van der Waals surface area (Å²) in [6, 6.07) is 0. The number of imide groups is 1. The molecule has 1 atom stereocenters. The molecule has 22 nitrogen and oxygen atoms in total. The third-order valence-electron chi connectivity index (χ3n) is 10.5. The normalized spacial score (nSPS) is 13.6. The van der Waals surface area contributed by atoms with Crippen LogP contribution in [0.2, 0.25) is 0 Å². The van der Waals surface area contributed by atoms with E-state index < -0.39 is 74.2 Å². The number of amides is 3. The lowest BCUT2D eigenvalue weighted by Gasteiger charge is -2.24. The number of rotatable bonds is 42. The minimum atomic E-state index is -2.33. The average molecular weight is 1020 g/mol. The summed E-state index contributed by atoms with van der Waals surface area (Å²) in [6.07, 6.45) is 0.0620. The Morgan fingerprint density at radius 1 is 0.471 bits per heavy atom. The lowest BCUT2D eigenvalue weighted by molar-refractivity contribution is -0.156. The second-order valence-corrected chi connectivity index (χ2v) is 17.2. The van der Waals surface area contributed by atoms with Crippen LogP contribution in [0.4, 0.5) is 0 Å². The van der Waals surface area contributed by atoms with Crippen LogP contribution in [0.1, 0.15) is 93.9 Å². The van der Waals surface area contributed by atoms with Crippen molar-refractivity contribution in [2.24, 2.45) is 10.8 Å². The van der Waals surface area contributed by atoms with Gasteiger partial charge in [0.25, 0.3) is 0 Å². The molecule has 0 aromatic carbocycles. The fraction of sp³-hybridized carbons (Fsp3) is 0.723. The summed E-state index contributed by atoms with van der Waals surface area (Å²) in [5.74, 6) is -7.51. The molecule has 1 heterocycles. The molecule has 1 fully saturated rings. The number of ketones is 10. The number of ether oxygens (including phenoxy) is 7. The van der Waals surface area contributed by atoms with Gasteiger partial charge in [-0.3, -0.25) is 67.2 Å². The third kappa shape index (κ3) is 23.5. The standard InChI is InChI=1S/C25H36N2O10S.C22H36O10/c1-16(28)6-10-36-12-13-37-11-8-26-22(33)5-9-27-23(34)15-20(24(27)35)38-14-7-21(32)25(17(2)29,18(3)30)19(4)31;1-17(23)5-7-28-9-11-30-13-15-32-16-14-31-12-10-29-8-6-21(27)22(18(2)24,19(3)25)20(4)26/h20H,5-15H2,1-4H3,(H,26,33);5-16H2,1-4H3. The maximum Gasteiger partial charge on any atom is 0.242 e. The Balaban J connectivity index is 0.00000138. The van der Waals surface area contributed by atoms with E-state index in [-0.39, 0.29) is 88.4 Å². The van der Waals surface area contributed by atoms with E-state index in [4.69, 9.17) is 33.2 Å². The highest BCUT2D eigenvalue weighted by atomic mass is 32.2. The number of hydrogen-bond acceptors (Lipinski definition) is 21. The summed E-state index contributed by atoms with van der Waals surface area (Å²) >= 11 is 1.03. The largest absolute Gasteiger partial charge is 0.379 e. The summed E-state index contributed by atoms with van der Waals surface area (Å²) in [6.45, 7) is 14.0. The van der Waals surface area contributed by atoms with E-state index in [1.54, 1.807) is 0 Å². The van der Waals surface area contributed by atoms with Crippen LogP contribution in [-0.2, 0) is 95.5 Å². The van der Waals surface area contributed by atoms with E-state index >= 15 is 0 Å². The molecule has 3 amide bonds. The van der Waals surface area contributed by atoms with Gasteiger partial charge in [-0.15, -0.1) is 11.8 Å². The zero-order valence-corrected chi connectivity index (χ0v) is 42.7. The molecule has 396 valence electrons. The van der Waals surface area contributed by atoms with Crippen LogP contribution < -0.4 is 5.32 Å². The fourth-order valence-electron chi connectivity index (χ4n) is 6.82. The first-order valence-electron chi connectivity index (χ1n) is 22.9. The minimum Gasteiger partial charge on any atom is -0.379 e. The summed E-state index contributed by atoms with van der Waals surface area (Å²) in [7, 11) is 0. The van der Waals surface area contributed by atoms with Crippen molar-refractivity contribution in [3.8, 4) is 0 Å². The van der Waals surface area contributed by atoms with Crippen molar-refractivity contribution >= 4 is 87.3 Å². The molecule has 0 spiro atoms. The Labute approximate surface area is 413 Å². The van der Waals surface area contributed by atoms with Crippen LogP contribution in [0, 0.1) is 10.8 Å². The monoisotopic (exact) mass is 1020 g/mol. The van der Waals surface area contributed by atoms with Gasteiger partial charge in [0.15, 0.2) is 46.3 Å². The molecule has 1 saturated heterocycles. The Kier molecular flexibility index (Phi) is 33.9. The van der Waals surface area contributed by atoms with Crippen molar-refractivity contribution in [3.63, 3.8) is 0 Å². The Bertz CT molecular complexity index is 1740. The second-order valence-electron chi connectivity index (χ2n) is 15.9. The lowest BCUT2D eigenvalue weighted by atomic mass is 9.72. The Hall–Kier alpha value is -4.62. The number of likely N-dealkylation sites (tertiary alicyclic amines) is 1. The number of carbonyl (C=O) groups excluding carboxylic acids is 13. The van der Waals surface area contributed by atoms with Gasteiger partial charge in [0.1, 0.15) is 11.6 Å². The van der Waals surface area contributed by atoms with E-state index in [9.17, 15) is 62.3 Å². The number of carbonyl (C=O) groups is 13. The number of hydrogen-bond donors (Lipinski definition) is 1. The number of nitrogens with one attached hydrogen (secondary N) is 1. The summed E-state index contributed by atoms with van der Waals surface area (Å²) in [5.41, 5.74) is -4.55. The van der Waals surface area contributed by atoms with Gasteiger partial charge >= 0.3 is 0 Å². The molecule has 0 aromatic rings. The molecule has 1 unspecified atom stereocenters. The first-order valence-corrected chi connectivity index (χ1v) is 24.0. The third-order valence-corrected chi connectivity index (χ3v) is 11.7. The smallest absolute Gasteiger partial charge is 0.242 e. The van der Waals surface area contributed by atoms with Crippen LogP contribution in [0.5, 0.6) is 0 Å². The molecule has 1 N–H and O–H groups in total. The van der Waals surface area contributed by atoms with E-state index in [2.05, 4.69) is 5.32 Å². The topological polar surface area (TPSA) is 302 Å². The van der Waals surface area contributed by atoms with Gasteiger partial charge < -0.3 is 38.5 Å². The second kappa shape index (κ2) is 36.3. The first kappa shape index (κ1) is 65.4. The van der Waals surface area contributed by atoms with Gasteiger partial charge in [0, 0.05) is 57.4 Å². The maximum absolute atomic E-state index is 12.7. The maximum atomic E-state index is 12.7. The molecule has 0 saturated carbocycles. The molecule has 1 aliphatic heterocycles. The molecule has 70 heavy (non-hydrogen) atoms. The molecule has 0 aromatic heterocycles. The SMILES string of the molecule is CC(=O)CCOCCOCCNC(=O)CCN1C(=O)CC(SCCC(=O)C(C(C)=O)(C(C)=O)C(C)=O)C1=O.CC(=O)CCOCCOCCOCCOCCOCCC(=O)C(C(C)=O)(C(C)=O)C(C)=O. The molecular weight excluding hydrogens is 945 g/mol. The van der Waals surface area contributed by atoms with Gasteiger partial charge in [-0.05, 0) is 55.4 Å². The van der Waals surface area contributed by atoms with Crippen molar-refractivity contribution in [2.45, 2.75) is 99.2 Å². The zero-order chi connectivity index (χ0) is 53.3. The van der Waals surface area contributed by atoms with Crippen LogP contribution in [0.15, 0.2) is 0 Å². The van der Waals surface area contributed by atoms with Gasteiger partial charge in [-0.25, -0.2) is 0 Å².